The Kier molecular flexibility index (Phi) is 5.04. The van der Waals surface area contributed by atoms with Crippen LogP contribution in [0.3, 0.4) is 0 Å². The van der Waals surface area contributed by atoms with Gasteiger partial charge in [0.1, 0.15) is 11.8 Å². The Labute approximate surface area is 118 Å². The Hall–Kier alpha value is -1.97. The summed E-state index contributed by atoms with van der Waals surface area (Å²) in [5.41, 5.74) is 0.825. The number of carbonyl (C=O) groups is 1. The Balaban J connectivity index is 1.99. The summed E-state index contributed by atoms with van der Waals surface area (Å²) < 4.78 is 0. The second kappa shape index (κ2) is 6.98. The molecular formula is C14H18N4O2. The van der Waals surface area contributed by atoms with E-state index in [1.165, 1.54) is 6.20 Å². The molecule has 0 spiro atoms. The number of aromatic nitrogens is 1. The van der Waals surface area contributed by atoms with Crippen LogP contribution in [-0.4, -0.2) is 65.1 Å². The number of hydrogen-bond acceptors (Lipinski definition) is 5. The van der Waals surface area contributed by atoms with Crippen molar-refractivity contribution in [2.24, 2.45) is 0 Å². The maximum Gasteiger partial charge on any atom is 0.272 e. The first-order chi connectivity index (χ1) is 9.74. The van der Waals surface area contributed by atoms with Crippen molar-refractivity contribution in [2.75, 3.05) is 39.3 Å². The van der Waals surface area contributed by atoms with Crippen LogP contribution in [-0.2, 0) is 0 Å². The van der Waals surface area contributed by atoms with E-state index >= 15 is 0 Å². The summed E-state index contributed by atoms with van der Waals surface area (Å²) in [6.07, 6.45) is 2.31. The zero-order chi connectivity index (χ0) is 14.4. The van der Waals surface area contributed by atoms with Gasteiger partial charge in [0.25, 0.3) is 5.91 Å². The van der Waals surface area contributed by atoms with Crippen LogP contribution in [0.1, 0.15) is 22.5 Å². The molecule has 0 radical (unpaired) electrons. The molecule has 0 aliphatic carbocycles. The monoisotopic (exact) mass is 274 g/mol. The lowest BCUT2D eigenvalue weighted by Crippen LogP contribution is -2.36. The molecule has 1 fully saturated rings. The molecule has 1 aliphatic heterocycles. The smallest absolute Gasteiger partial charge is 0.272 e. The second-order valence-electron chi connectivity index (χ2n) is 4.75. The van der Waals surface area contributed by atoms with E-state index in [4.69, 9.17) is 10.4 Å². The van der Waals surface area contributed by atoms with Crippen molar-refractivity contribution in [3.05, 3.63) is 29.6 Å². The highest BCUT2D eigenvalue weighted by Crippen LogP contribution is 2.08. The zero-order valence-corrected chi connectivity index (χ0v) is 11.3. The minimum absolute atomic E-state index is 0.0969. The molecule has 106 valence electrons. The van der Waals surface area contributed by atoms with E-state index in [2.05, 4.69) is 9.88 Å². The molecular weight excluding hydrogens is 256 g/mol. The van der Waals surface area contributed by atoms with Crippen molar-refractivity contribution in [2.45, 2.75) is 6.42 Å². The number of nitrogens with zero attached hydrogens (tertiary/aromatic N) is 4. The van der Waals surface area contributed by atoms with Crippen molar-refractivity contribution >= 4 is 5.91 Å². The third-order valence-corrected chi connectivity index (χ3v) is 3.40. The van der Waals surface area contributed by atoms with E-state index < -0.39 is 0 Å². The highest BCUT2D eigenvalue weighted by atomic mass is 16.3. The predicted octanol–water partition coefficient (Wildman–Crippen LogP) is 0.0935. The van der Waals surface area contributed by atoms with Crippen LogP contribution in [0.15, 0.2) is 18.3 Å². The number of nitriles is 1. The van der Waals surface area contributed by atoms with Crippen LogP contribution >= 0.6 is 0 Å². The first-order valence-electron chi connectivity index (χ1n) is 6.73. The van der Waals surface area contributed by atoms with Crippen molar-refractivity contribution < 1.29 is 9.90 Å². The molecule has 6 nitrogen and oxygen atoms in total. The molecule has 0 atom stereocenters. The topological polar surface area (TPSA) is 80.5 Å². The fourth-order valence-corrected chi connectivity index (χ4v) is 2.29. The maximum atomic E-state index is 12.3. The van der Waals surface area contributed by atoms with Crippen LogP contribution in [0.25, 0.3) is 0 Å². The zero-order valence-electron chi connectivity index (χ0n) is 11.3. The van der Waals surface area contributed by atoms with Gasteiger partial charge in [0.15, 0.2) is 0 Å². The highest BCUT2D eigenvalue weighted by molar-refractivity contribution is 5.92. The lowest BCUT2D eigenvalue weighted by atomic mass is 10.2. The molecule has 1 N–H and O–H groups in total. The normalized spacial score (nSPS) is 16.5. The first-order valence-corrected chi connectivity index (χ1v) is 6.73. The van der Waals surface area contributed by atoms with E-state index in [1.54, 1.807) is 17.0 Å². The van der Waals surface area contributed by atoms with Gasteiger partial charge < -0.3 is 10.0 Å². The molecule has 2 rings (SSSR count). The number of hydrogen-bond donors (Lipinski definition) is 1. The fraction of sp³-hybridized carbons (Fsp3) is 0.500. The van der Waals surface area contributed by atoms with E-state index in [0.29, 0.717) is 30.9 Å². The van der Waals surface area contributed by atoms with Crippen LogP contribution in [0.4, 0.5) is 0 Å². The summed E-state index contributed by atoms with van der Waals surface area (Å²) in [6.45, 7) is 3.79. The lowest BCUT2D eigenvalue weighted by molar-refractivity contribution is 0.0754. The number of rotatable bonds is 3. The van der Waals surface area contributed by atoms with Crippen molar-refractivity contribution in [1.82, 2.24) is 14.8 Å². The average molecular weight is 274 g/mol. The number of amides is 1. The quantitative estimate of drug-likeness (QED) is 0.845. The van der Waals surface area contributed by atoms with Gasteiger partial charge in [0.05, 0.1) is 12.2 Å². The second-order valence-corrected chi connectivity index (χ2v) is 4.75. The summed E-state index contributed by atoms with van der Waals surface area (Å²) in [7, 11) is 0. The summed E-state index contributed by atoms with van der Waals surface area (Å²) in [6, 6.07) is 5.19. The Morgan fingerprint density at radius 3 is 2.85 bits per heavy atom. The molecule has 1 aromatic heterocycles. The number of aliphatic hydroxyl groups is 1. The average Bonchev–Trinajstić information content (AvgIpc) is 2.73. The largest absolute Gasteiger partial charge is 0.395 e. The summed E-state index contributed by atoms with van der Waals surface area (Å²) in [5.74, 6) is -0.0969. The fourth-order valence-electron chi connectivity index (χ4n) is 2.29. The molecule has 1 aliphatic rings. The van der Waals surface area contributed by atoms with Crippen molar-refractivity contribution in [1.29, 1.82) is 5.26 Å². The van der Waals surface area contributed by atoms with Gasteiger partial charge in [-0.1, -0.05) is 0 Å². The van der Waals surface area contributed by atoms with Gasteiger partial charge in [-0.2, -0.15) is 5.26 Å². The third kappa shape index (κ3) is 3.53. The highest BCUT2D eigenvalue weighted by Gasteiger charge is 2.20. The van der Waals surface area contributed by atoms with Crippen LogP contribution in [0, 0.1) is 11.3 Å². The molecule has 1 saturated heterocycles. The SMILES string of the molecule is N#Cc1ccc(C(=O)N2CCCN(CCO)CC2)nc1. The number of pyridine rings is 1. The van der Waals surface area contributed by atoms with Crippen LogP contribution in [0.5, 0.6) is 0 Å². The van der Waals surface area contributed by atoms with Crippen molar-refractivity contribution in [3.63, 3.8) is 0 Å². The van der Waals surface area contributed by atoms with Gasteiger partial charge in [-0.25, -0.2) is 4.98 Å². The van der Waals surface area contributed by atoms with Gasteiger partial charge in [-0.3, -0.25) is 9.69 Å². The van der Waals surface area contributed by atoms with Gasteiger partial charge in [0.2, 0.25) is 0 Å². The number of aliphatic hydroxyl groups excluding tert-OH is 1. The van der Waals surface area contributed by atoms with Crippen LogP contribution in [0.2, 0.25) is 0 Å². The van der Waals surface area contributed by atoms with Gasteiger partial charge in [0, 0.05) is 32.4 Å². The standard InChI is InChI=1S/C14H18N4O2/c15-10-12-2-3-13(16-11-12)14(20)18-5-1-4-17(6-7-18)8-9-19/h2-3,11,19H,1,4-9H2. The van der Waals surface area contributed by atoms with Crippen LogP contribution < -0.4 is 0 Å². The molecule has 0 bridgehead atoms. The molecule has 0 aromatic carbocycles. The van der Waals surface area contributed by atoms with E-state index in [9.17, 15) is 4.79 Å². The number of β-amino-alcohol motifs (C(OH)–C–C–N with tert-alkyl or cyclic N) is 1. The van der Waals surface area contributed by atoms with Gasteiger partial charge in [-0.15, -0.1) is 0 Å². The molecule has 1 aromatic rings. The molecule has 2 heterocycles. The summed E-state index contributed by atoms with van der Waals surface area (Å²) in [4.78, 5) is 20.3. The lowest BCUT2D eigenvalue weighted by Gasteiger charge is -2.21. The summed E-state index contributed by atoms with van der Waals surface area (Å²) in [5, 5.41) is 17.7. The van der Waals surface area contributed by atoms with Gasteiger partial charge >= 0.3 is 0 Å². The minimum atomic E-state index is -0.0969. The number of carbonyl (C=O) groups excluding carboxylic acids is 1. The molecule has 0 unspecified atom stereocenters. The molecule has 20 heavy (non-hydrogen) atoms. The molecule has 1 amide bonds. The van der Waals surface area contributed by atoms with E-state index in [-0.39, 0.29) is 12.5 Å². The van der Waals surface area contributed by atoms with Gasteiger partial charge in [-0.05, 0) is 25.1 Å². The van der Waals surface area contributed by atoms with Crippen molar-refractivity contribution in [3.8, 4) is 6.07 Å². The molecule has 6 heteroatoms. The Morgan fingerprint density at radius 2 is 2.20 bits per heavy atom. The third-order valence-electron chi connectivity index (χ3n) is 3.40. The minimum Gasteiger partial charge on any atom is -0.395 e. The van der Waals surface area contributed by atoms with E-state index in [1.807, 2.05) is 6.07 Å². The van der Waals surface area contributed by atoms with E-state index in [0.717, 1.165) is 19.5 Å². The Bertz CT molecular complexity index is 495. The Morgan fingerprint density at radius 1 is 1.35 bits per heavy atom. The first kappa shape index (κ1) is 14.4. The predicted molar refractivity (Wildman–Crippen MR) is 73.0 cm³/mol. The summed E-state index contributed by atoms with van der Waals surface area (Å²) >= 11 is 0. The molecule has 0 saturated carbocycles. The maximum absolute atomic E-state index is 12.3.